The molecule has 126 valence electrons. The molecular weight excluding hydrogens is 297 g/mol. The highest BCUT2D eigenvalue weighted by molar-refractivity contribution is 5.74. The van der Waals surface area contributed by atoms with Gasteiger partial charge in [-0.3, -0.25) is 0 Å². The highest BCUT2D eigenvalue weighted by atomic mass is 19.1. The van der Waals surface area contributed by atoms with E-state index in [9.17, 15) is 14.3 Å². The van der Waals surface area contributed by atoms with Crippen LogP contribution in [-0.2, 0) is 0 Å². The van der Waals surface area contributed by atoms with E-state index in [1.807, 2.05) is 0 Å². The molecule has 2 fully saturated rings. The van der Waals surface area contributed by atoms with Crippen LogP contribution in [0.5, 0.6) is 0 Å². The van der Waals surface area contributed by atoms with E-state index in [0.717, 1.165) is 44.6 Å². The Morgan fingerprint density at radius 2 is 2.00 bits per heavy atom. The molecule has 0 bridgehead atoms. The first-order chi connectivity index (χ1) is 11.1. The minimum atomic E-state index is -0.394. The van der Waals surface area contributed by atoms with Crippen molar-refractivity contribution in [1.82, 2.24) is 10.2 Å². The van der Waals surface area contributed by atoms with Crippen molar-refractivity contribution in [2.24, 2.45) is 5.92 Å². The molecule has 0 saturated carbocycles. The summed E-state index contributed by atoms with van der Waals surface area (Å²) in [7, 11) is 0. The Labute approximate surface area is 136 Å². The predicted molar refractivity (Wildman–Crippen MR) is 86.9 cm³/mol. The molecule has 2 aliphatic rings. The lowest BCUT2D eigenvalue weighted by molar-refractivity contribution is 0.0840. The Morgan fingerprint density at radius 3 is 2.74 bits per heavy atom. The van der Waals surface area contributed by atoms with Gasteiger partial charge in [-0.25, -0.2) is 9.18 Å². The summed E-state index contributed by atoms with van der Waals surface area (Å²) in [5, 5.41) is 12.6. The van der Waals surface area contributed by atoms with Gasteiger partial charge in [0.25, 0.3) is 0 Å². The van der Waals surface area contributed by atoms with Crippen LogP contribution in [0.1, 0.15) is 19.3 Å². The van der Waals surface area contributed by atoms with Crippen molar-refractivity contribution < 1.29 is 14.3 Å². The molecular formula is C17H24FN3O2. The van der Waals surface area contributed by atoms with Crippen molar-refractivity contribution in [2.45, 2.75) is 25.4 Å². The molecule has 0 aliphatic carbocycles. The molecule has 5 nitrogen and oxygen atoms in total. The molecule has 2 saturated heterocycles. The van der Waals surface area contributed by atoms with Crippen molar-refractivity contribution in [1.29, 1.82) is 0 Å². The number of nitrogens with one attached hydrogen (secondary N) is 1. The summed E-state index contributed by atoms with van der Waals surface area (Å²) in [6, 6.07) is 6.47. The Kier molecular flexibility index (Phi) is 5.00. The van der Waals surface area contributed by atoms with Gasteiger partial charge in [-0.2, -0.15) is 0 Å². The zero-order valence-electron chi connectivity index (χ0n) is 13.2. The number of anilines is 1. The number of hydrogen-bond acceptors (Lipinski definition) is 3. The first kappa shape index (κ1) is 16.1. The Balaban J connectivity index is 1.45. The molecule has 0 spiro atoms. The van der Waals surface area contributed by atoms with E-state index < -0.39 is 6.10 Å². The summed E-state index contributed by atoms with van der Waals surface area (Å²) in [5.41, 5.74) is 1.03. The number of carbonyl (C=O) groups is 1. The van der Waals surface area contributed by atoms with Crippen LogP contribution in [0.2, 0.25) is 0 Å². The molecule has 2 atom stereocenters. The molecule has 0 aromatic heterocycles. The number of β-amino-alcohol motifs (C(OH)–C–C–N with tert-alkyl or cyclic N) is 1. The van der Waals surface area contributed by atoms with E-state index in [-0.39, 0.29) is 11.8 Å². The van der Waals surface area contributed by atoms with Crippen molar-refractivity contribution in [2.75, 3.05) is 37.6 Å². The second kappa shape index (κ2) is 7.17. The fraction of sp³-hybridized carbons (Fsp3) is 0.588. The highest BCUT2D eigenvalue weighted by Gasteiger charge is 2.25. The van der Waals surface area contributed by atoms with Crippen LogP contribution in [0.3, 0.4) is 0 Å². The lowest BCUT2D eigenvalue weighted by atomic mass is 10.1. The van der Waals surface area contributed by atoms with E-state index in [0.29, 0.717) is 19.0 Å². The second-order valence-electron chi connectivity index (χ2n) is 6.51. The van der Waals surface area contributed by atoms with Gasteiger partial charge >= 0.3 is 6.03 Å². The molecule has 3 rings (SSSR count). The van der Waals surface area contributed by atoms with E-state index in [1.54, 1.807) is 17.0 Å². The number of urea groups is 1. The van der Waals surface area contributed by atoms with Gasteiger partial charge in [-0.15, -0.1) is 0 Å². The monoisotopic (exact) mass is 321 g/mol. The lowest BCUT2D eigenvalue weighted by Crippen LogP contribution is -2.48. The molecule has 1 aromatic carbocycles. The molecule has 1 aromatic rings. The molecule has 2 N–H and O–H groups in total. The Hall–Kier alpha value is -1.82. The molecule has 6 heteroatoms. The van der Waals surface area contributed by atoms with E-state index >= 15 is 0 Å². The maximum absolute atomic E-state index is 13.0. The number of nitrogens with zero attached hydrogens (tertiary/aromatic N) is 2. The minimum absolute atomic E-state index is 0.0796. The number of carbonyl (C=O) groups excluding carboxylic acids is 1. The first-order valence-corrected chi connectivity index (χ1v) is 8.33. The summed E-state index contributed by atoms with van der Waals surface area (Å²) in [6.45, 7) is 3.58. The minimum Gasteiger partial charge on any atom is -0.391 e. The van der Waals surface area contributed by atoms with Crippen molar-refractivity contribution in [3.8, 4) is 0 Å². The molecule has 2 amide bonds. The van der Waals surface area contributed by atoms with Crippen LogP contribution in [0.25, 0.3) is 0 Å². The van der Waals surface area contributed by atoms with E-state index in [2.05, 4.69) is 10.2 Å². The smallest absolute Gasteiger partial charge is 0.317 e. The maximum atomic E-state index is 13.0. The fourth-order valence-electron chi connectivity index (χ4n) is 3.37. The average Bonchev–Trinajstić information content (AvgIpc) is 3.02. The van der Waals surface area contributed by atoms with Crippen molar-refractivity contribution in [3.05, 3.63) is 30.1 Å². The van der Waals surface area contributed by atoms with Crippen LogP contribution < -0.4 is 10.2 Å². The quantitative estimate of drug-likeness (QED) is 0.893. The summed E-state index contributed by atoms with van der Waals surface area (Å²) in [6.07, 6.45) is 2.25. The van der Waals surface area contributed by atoms with Gasteiger partial charge in [0.1, 0.15) is 5.82 Å². The van der Waals surface area contributed by atoms with Crippen LogP contribution in [-0.4, -0.2) is 54.9 Å². The maximum Gasteiger partial charge on any atom is 0.317 e. The van der Waals surface area contributed by atoms with Crippen molar-refractivity contribution in [3.63, 3.8) is 0 Å². The van der Waals surface area contributed by atoms with Gasteiger partial charge in [0.15, 0.2) is 0 Å². The van der Waals surface area contributed by atoms with E-state index in [4.69, 9.17) is 0 Å². The number of likely N-dealkylation sites (tertiary alicyclic amines) is 1. The Morgan fingerprint density at radius 1 is 1.22 bits per heavy atom. The Bertz CT molecular complexity index is 537. The predicted octanol–water partition coefficient (Wildman–Crippen LogP) is 1.82. The zero-order valence-corrected chi connectivity index (χ0v) is 13.2. The number of rotatable bonds is 3. The number of aliphatic hydroxyl groups is 1. The van der Waals surface area contributed by atoms with Gasteiger partial charge in [0.05, 0.1) is 6.10 Å². The number of aliphatic hydroxyl groups excluding tert-OH is 1. The highest BCUT2D eigenvalue weighted by Crippen LogP contribution is 2.23. The topological polar surface area (TPSA) is 55.8 Å². The second-order valence-corrected chi connectivity index (χ2v) is 6.51. The fourth-order valence-corrected chi connectivity index (χ4v) is 3.37. The number of benzene rings is 1. The number of piperidine rings is 1. The van der Waals surface area contributed by atoms with Gasteiger partial charge in [-0.05, 0) is 49.4 Å². The summed E-state index contributed by atoms with van der Waals surface area (Å²) >= 11 is 0. The van der Waals surface area contributed by atoms with Gasteiger partial charge in [-0.1, -0.05) is 0 Å². The molecule has 0 unspecified atom stereocenters. The number of hydrogen-bond donors (Lipinski definition) is 2. The van der Waals surface area contributed by atoms with Crippen LogP contribution in [0.15, 0.2) is 24.3 Å². The summed E-state index contributed by atoms with van der Waals surface area (Å²) in [4.78, 5) is 16.1. The van der Waals surface area contributed by atoms with Crippen molar-refractivity contribution >= 4 is 11.7 Å². The first-order valence-electron chi connectivity index (χ1n) is 8.33. The van der Waals surface area contributed by atoms with Gasteiger partial charge in [0.2, 0.25) is 0 Å². The van der Waals surface area contributed by atoms with Crippen LogP contribution in [0, 0.1) is 11.7 Å². The largest absolute Gasteiger partial charge is 0.391 e. The van der Waals surface area contributed by atoms with Crippen LogP contribution in [0.4, 0.5) is 14.9 Å². The average molecular weight is 321 g/mol. The standard InChI is InChI=1S/C17H24FN3O2/c18-14-3-5-15(6-4-14)20-9-7-13(11-20)10-19-17(23)21-8-1-2-16(22)12-21/h3-6,13,16,22H,1-2,7-12H2,(H,19,23)/t13-,16+/m1/s1. The van der Waals surface area contributed by atoms with Crippen LogP contribution >= 0.6 is 0 Å². The van der Waals surface area contributed by atoms with Gasteiger partial charge < -0.3 is 20.2 Å². The van der Waals surface area contributed by atoms with Gasteiger partial charge in [0, 0.05) is 38.4 Å². The molecule has 2 heterocycles. The van der Waals surface area contributed by atoms with E-state index in [1.165, 1.54) is 12.1 Å². The summed E-state index contributed by atoms with van der Waals surface area (Å²) in [5.74, 6) is 0.180. The normalized spacial score (nSPS) is 24.8. The third-order valence-electron chi connectivity index (χ3n) is 4.70. The SMILES string of the molecule is O=C(NC[C@H]1CCN(c2ccc(F)cc2)C1)N1CCC[C@H](O)C1. The molecule has 23 heavy (non-hydrogen) atoms. The summed E-state index contributed by atoms with van der Waals surface area (Å²) < 4.78 is 13.0. The third kappa shape index (κ3) is 4.13. The molecule has 2 aliphatic heterocycles. The zero-order chi connectivity index (χ0) is 16.2. The third-order valence-corrected chi connectivity index (χ3v) is 4.70. The lowest BCUT2D eigenvalue weighted by Gasteiger charge is -2.30. The number of halogens is 1. The number of amides is 2. The molecule has 0 radical (unpaired) electrons.